The molecule has 0 radical (unpaired) electrons. The first-order valence-corrected chi connectivity index (χ1v) is 3.82. The average Bonchev–Trinajstić information content (AvgIpc) is 1.85. The van der Waals surface area contributed by atoms with Gasteiger partial charge in [-0.1, -0.05) is 20.8 Å². The van der Waals surface area contributed by atoms with Crippen LogP contribution in [0.2, 0.25) is 0 Å². The van der Waals surface area contributed by atoms with E-state index in [-0.39, 0.29) is 0 Å². The molecule has 0 fully saturated rings. The Morgan fingerprint density at radius 1 is 1.45 bits per heavy atom. The summed E-state index contributed by atoms with van der Waals surface area (Å²) in [6.45, 7) is 9.06. The number of carbonyl (C=O) groups is 1. The quantitative estimate of drug-likeness (QED) is 0.476. The van der Waals surface area contributed by atoms with Crippen LogP contribution in [-0.2, 0) is 9.53 Å². The van der Waals surface area contributed by atoms with Gasteiger partial charge in [-0.05, 0) is 5.41 Å². The molecule has 0 amide bonds. The van der Waals surface area contributed by atoms with Crippen molar-refractivity contribution in [2.45, 2.75) is 20.8 Å². The summed E-state index contributed by atoms with van der Waals surface area (Å²) >= 11 is 0. The number of hydrogen-bond acceptors (Lipinski definition) is 3. The second-order valence-corrected chi connectivity index (χ2v) is 3.70. The number of ether oxygens (including phenoxy) is 1. The van der Waals surface area contributed by atoms with E-state index in [4.69, 9.17) is 0 Å². The zero-order chi connectivity index (χ0) is 8.74. The molecule has 0 aromatic rings. The molecule has 0 aromatic heterocycles. The summed E-state index contributed by atoms with van der Waals surface area (Å²) in [4.78, 5) is 9.71. The van der Waals surface area contributed by atoms with Crippen molar-refractivity contribution in [3.8, 4) is 0 Å². The zero-order valence-corrected chi connectivity index (χ0v) is 7.52. The molecule has 0 aromatic carbocycles. The standard InChI is InChI=1S/C8H17NO2/c1-8(2,3)6-9-4-5-11-7-10/h7,9H,4-6H2,1-3H3. The molecule has 3 nitrogen and oxygen atoms in total. The van der Waals surface area contributed by atoms with Crippen molar-refractivity contribution in [2.75, 3.05) is 19.7 Å². The van der Waals surface area contributed by atoms with Crippen LogP contribution in [0.4, 0.5) is 0 Å². The highest BCUT2D eigenvalue weighted by atomic mass is 16.5. The van der Waals surface area contributed by atoms with Crippen molar-refractivity contribution in [2.24, 2.45) is 5.41 Å². The lowest BCUT2D eigenvalue weighted by atomic mass is 9.97. The van der Waals surface area contributed by atoms with Gasteiger partial charge in [0.2, 0.25) is 0 Å². The Bertz CT molecular complexity index is 107. The van der Waals surface area contributed by atoms with Crippen LogP contribution in [0.5, 0.6) is 0 Å². The van der Waals surface area contributed by atoms with Crippen molar-refractivity contribution in [3.05, 3.63) is 0 Å². The Kier molecular flexibility index (Phi) is 4.86. The van der Waals surface area contributed by atoms with E-state index in [2.05, 4.69) is 30.8 Å². The molecule has 0 unspecified atom stereocenters. The van der Waals surface area contributed by atoms with Gasteiger partial charge < -0.3 is 10.1 Å². The van der Waals surface area contributed by atoms with Crippen molar-refractivity contribution >= 4 is 6.47 Å². The lowest BCUT2D eigenvalue weighted by Gasteiger charge is -2.18. The van der Waals surface area contributed by atoms with Gasteiger partial charge in [0.1, 0.15) is 6.61 Å². The van der Waals surface area contributed by atoms with Crippen LogP contribution in [0.25, 0.3) is 0 Å². The molecular weight excluding hydrogens is 142 g/mol. The highest BCUT2D eigenvalue weighted by molar-refractivity contribution is 5.36. The van der Waals surface area contributed by atoms with Gasteiger partial charge in [0.05, 0.1) is 0 Å². The van der Waals surface area contributed by atoms with Gasteiger partial charge in [0, 0.05) is 13.1 Å². The Morgan fingerprint density at radius 2 is 2.09 bits per heavy atom. The summed E-state index contributed by atoms with van der Waals surface area (Å²) in [6.07, 6.45) is 0. The first-order valence-electron chi connectivity index (χ1n) is 3.82. The van der Waals surface area contributed by atoms with Crippen molar-refractivity contribution in [1.29, 1.82) is 0 Å². The predicted octanol–water partition coefficient (Wildman–Crippen LogP) is 0.795. The smallest absolute Gasteiger partial charge is 0.293 e. The fraction of sp³-hybridized carbons (Fsp3) is 0.875. The number of carbonyl (C=O) groups excluding carboxylic acids is 1. The fourth-order valence-electron chi connectivity index (χ4n) is 0.643. The van der Waals surface area contributed by atoms with Crippen LogP contribution < -0.4 is 5.32 Å². The van der Waals surface area contributed by atoms with Gasteiger partial charge >= 0.3 is 0 Å². The van der Waals surface area contributed by atoms with E-state index in [1.165, 1.54) is 0 Å². The second kappa shape index (κ2) is 5.13. The minimum absolute atomic E-state index is 0.293. The molecule has 0 spiro atoms. The lowest BCUT2D eigenvalue weighted by molar-refractivity contribution is -0.128. The van der Waals surface area contributed by atoms with Gasteiger partial charge in [-0.2, -0.15) is 0 Å². The molecule has 0 rings (SSSR count). The van der Waals surface area contributed by atoms with Crippen LogP contribution in [0.15, 0.2) is 0 Å². The Morgan fingerprint density at radius 3 is 2.55 bits per heavy atom. The minimum atomic E-state index is 0.293. The van der Waals surface area contributed by atoms with Gasteiger partial charge in [0.15, 0.2) is 0 Å². The van der Waals surface area contributed by atoms with Crippen LogP contribution in [0, 0.1) is 5.41 Å². The molecule has 0 saturated carbocycles. The largest absolute Gasteiger partial charge is 0.467 e. The monoisotopic (exact) mass is 159 g/mol. The molecular formula is C8H17NO2. The lowest BCUT2D eigenvalue weighted by Crippen LogP contribution is -2.29. The first-order chi connectivity index (χ1) is 5.06. The fourth-order valence-corrected chi connectivity index (χ4v) is 0.643. The third-order valence-corrected chi connectivity index (χ3v) is 1.12. The topological polar surface area (TPSA) is 38.3 Å². The molecule has 0 heterocycles. The molecule has 0 atom stereocenters. The van der Waals surface area contributed by atoms with Crippen molar-refractivity contribution in [1.82, 2.24) is 5.32 Å². The van der Waals surface area contributed by atoms with E-state index in [1.807, 2.05) is 0 Å². The molecule has 1 N–H and O–H groups in total. The van der Waals surface area contributed by atoms with Crippen molar-refractivity contribution in [3.63, 3.8) is 0 Å². The Labute approximate surface area is 68.1 Å². The molecule has 0 aliphatic rings. The molecule has 11 heavy (non-hydrogen) atoms. The Balaban J connectivity index is 3.08. The maximum absolute atomic E-state index is 9.71. The van der Waals surface area contributed by atoms with E-state index in [0.717, 1.165) is 13.1 Å². The minimum Gasteiger partial charge on any atom is -0.467 e. The molecule has 0 aliphatic carbocycles. The SMILES string of the molecule is CC(C)(C)CNCCOC=O. The predicted molar refractivity (Wildman–Crippen MR) is 44.3 cm³/mol. The third kappa shape index (κ3) is 9.43. The van der Waals surface area contributed by atoms with Gasteiger partial charge in [-0.15, -0.1) is 0 Å². The first kappa shape index (κ1) is 10.4. The number of hydrogen-bond donors (Lipinski definition) is 1. The second-order valence-electron chi connectivity index (χ2n) is 3.70. The van der Waals surface area contributed by atoms with E-state index in [1.54, 1.807) is 0 Å². The summed E-state index contributed by atoms with van der Waals surface area (Å²) < 4.78 is 4.51. The summed E-state index contributed by atoms with van der Waals surface area (Å²) in [7, 11) is 0. The zero-order valence-electron chi connectivity index (χ0n) is 7.52. The van der Waals surface area contributed by atoms with Crippen molar-refractivity contribution < 1.29 is 9.53 Å². The highest BCUT2D eigenvalue weighted by Crippen LogP contribution is 2.09. The Hall–Kier alpha value is -0.570. The molecule has 3 heteroatoms. The maximum atomic E-state index is 9.71. The molecule has 0 saturated heterocycles. The van der Waals surface area contributed by atoms with E-state index in [0.29, 0.717) is 18.5 Å². The molecule has 66 valence electrons. The summed E-state index contributed by atoms with van der Waals surface area (Å²) in [5, 5.41) is 3.18. The van der Waals surface area contributed by atoms with Crippen LogP contribution >= 0.6 is 0 Å². The van der Waals surface area contributed by atoms with E-state index >= 15 is 0 Å². The van der Waals surface area contributed by atoms with Gasteiger partial charge in [0.25, 0.3) is 6.47 Å². The van der Waals surface area contributed by atoms with Crippen LogP contribution in [-0.4, -0.2) is 26.2 Å². The summed E-state index contributed by atoms with van der Waals surface area (Å²) in [5.41, 5.74) is 0.293. The maximum Gasteiger partial charge on any atom is 0.293 e. The third-order valence-electron chi connectivity index (χ3n) is 1.12. The van der Waals surface area contributed by atoms with Gasteiger partial charge in [-0.3, -0.25) is 4.79 Å². The summed E-state index contributed by atoms with van der Waals surface area (Å²) in [5.74, 6) is 0. The average molecular weight is 159 g/mol. The normalized spacial score (nSPS) is 11.2. The number of rotatable bonds is 5. The van der Waals surface area contributed by atoms with E-state index < -0.39 is 0 Å². The molecule has 0 aliphatic heterocycles. The highest BCUT2D eigenvalue weighted by Gasteiger charge is 2.07. The number of nitrogens with one attached hydrogen (secondary N) is 1. The van der Waals surface area contributed by atoms with Crippen LogP contribution in [0.1, 0.15) is 20.8 Å². The van der Waals surface area contributed by atoms with Gasteiger partial charge in [-0.25, -0.2) is 0 Å². The molecule has 0 bridgehead atoms. The summed E-state index contributed by atoms with van der Waals surface area (Å²) in [6, 6.07) is 0. The van der Waals surface area contributed by atoms with Crippen LogP contribution in [0.3, 0.4) is 0 Å². The van der Waals surface area contributed by atoms with E-state index in [9.17, 15) is 4.79 Å².